The van der Waals surface area contributed by atoms with Gasteiger partial charge in [0.25, 0.3) is 0 Å². The first kappa shape index (κ1) is 21.4. The maximum atomic E-state index is 10.4. The van der Waals surface area contributed by atoms with E-state index in [-0.39, 0.29) is 5.75 Å². The molecule has 0 bridgehead atoms. The Morgan fingerprint density at radius 3 is 2.48 bits per heavy atom. The van der Waals surface area contributed by atoms with Crippen molar-refractivity contribution >= 4 is 11.8 Å². The fraction of sp³-hybridized carbons (Fsp3) is 0.280. The molecule has 4 rings (SSSR count). The van der Waals surface area contributed by atoms with Crippen molar-refractivity contribution in [2.45, 2.75) is 18.0 Å². The normalized spacial score (nSPS) is 13.8. The molecule has 1 N–H and O–H groups in total. The lowest BCUT2D eigenvalue weighted by atomic mass is 10.0. The molecular weight excluding hydrogens is 410 g/mol. The van der Waals surface area contributed by atoms with Crippen molar-refractivity contribution in [1.29, 1.82) is 0 Å². The van der Waals surface area contributed by atoms with Gasteiger partial charge in [0.2, 0.25) is 0 Å². The molecule has 0 radical (unpaired) electrons. The quantitative estimate of drug-likeness (QED) is 0.536. The first-order valence-electron chi connectivity index (χ1n) is 10.2. The lowest BCUT2D eigenvalue weighted by Crippen LogP contribution is -2.25. The molecule has 162 valence electrons. The average Bonchev–Trinajstić information content (AvgIpc) is 3.01. The van der Waals surface area contributed by atoms with Crippen LogP contribution in [-0.2, 0) is 13.1 Å². The summed E-state index contributed by atoms with van der Waals surface area (Å²) < 4.78 is 16.9. The van der Waals surface area contributed by atoms with Crippen LogP contribution in [0.4, 0.5) is 0 Å². The maximum Gasteiger partial charge on any atom is 0.165 e. The second-order valence-electron chi connectivity index (χ2n) is 7.45. The Bertz CT molecular complexity index is 1050. The van der Waals surface area contributed by atoms with Gasteiger partial charge in [-0.3, -0.25) is 4.90 Å². The molecule has 1 aliphatic rings. The van der Waals surface area contributed by atoms with Gasteiger partial charge < -0.3 is 19.3 Å². The van der Waals surface area contributed by atoms with Gasteiger partial charge >= 0.3 is 0 Å². The summed E-state index contributed by atoms with van der Waals surface area (Å²) in [6.45, 7) is 2.63. The highest BCUT2D eigenvalue weighted by Crippen LogP contribution is 2.39. The highest BCUT2D eigenvalue weighted by atomic mass is 32.2. The Kier molecular flexibility index (Phi) is 6.59. The van der Waals surface area contributed by atoms with Gasteiger partial charge in [0.1, 0.15) is 18.1 Å². The van der Waals surface area contributed by atoms with Crippen molar-refractivity contribution in [2.75, 3.05) is 33.6 Å². The number of ether oxygens (including phenoxy) is 3. The fourth-order valence-electron chi connectivity index (χ4n) is 3.82. The number of phenolic OH excluding ortho intramolecular Hbond substituents is 1. The number of benzene rings is 3. The molecule has 3 aromatic carbocycles. The van der Waals surface area contributed by atoms with E-state index < -0.39 is 0 Å². The van der Waals surface area contributed by atoms with Gasteiger partial charge in [-0.25, -0.2) is 0 Å². The highest BCUT2D eigenvalue weighted by Gasteiger charge is 2.21. The number of nitrogens with zero attached hydrogens (tertiary/aromatic N) is 1. The predicted molar refractivity (Wildman–Crippen MR) is 124 cm³/mol. The molecule has 0 unspecified atom stereocenters. The molecule has 0 amide bonds. The van der Waals surface area contributed by atoms with Crippen molar-refractivity contribution in [1.82, 2.24) is 4.90 Å². The van der Waals surface area contributed by atoms with E-state index in [4.69, 9.17) is 14.2 Å². The third-order valence-corrected chi connectivity index (χ3v) is 6.25. The van der Waals surface area contributed by atoms with Gasteiger partial charge in [-0.1, -0.05) is 18.2 Å². The summed E-state index contributed by atoms with van der Waals surface area (Å²) in [5.41, 5.74) is 4.18. The summed E-state index contributed by atoms with van der Waals surface area (Å²) >= 11 is 1.73. The van der Waals surface area contributed by atoms with Gasteiger partial charge in [0.05, 0.1) is 14.2 Å². The highest BCUT2D eigenvalue weighted by molar-refractivity contribution is 7.98. The summed E-state index contributed by atoms with van der Waals surface area (Å²) in [7, 11) is 3.27. The summed E-state index contributed by atoms with van der Waals surface area (Å²) in [5, 5.41) is 10.4. The molecule has 0 aliphatic carbocycles. The molecule has 5 nitrogen and oxygen atoms in total. The SMILES string of the molecule is COc1ccc(CN2CCOc3c(cc(-c4ccc(SC)cc4)cc3OC)C2)c(O)c1. The number of methoxy groups -OCH3 is 2. The van der Waals surface area contributed by atoms with E-state index in [9.17, 15) is 5.11 Å². The minimum atomic E-state index is 0.241. The lowest BCUT2D eigenvalue weighted by Gasteiger charge is -2.20. The van der Waals surface area contributed by atoms with Gasteiger partial charge in [-0.2, -0.15) is 0 Å². The minimum absolute atomic E-state index is 0.241. The van der Waals surface area contributed by atoms with Crippen LogP contribution in [-0.4, -0.2) is 43.6 Å². The largest absolute Gasteiger partial charge is 0.507 e. The summed E-state index contributed by atoms with van der Waals surface area (Å²) in [6, 6.07) is 18.2. The van der Waals surface area contributed by atoms with Crippen LogP contribution in [0.15, 0.2) is 59.5 Å². The lowest BCUT2D eigenvalue weighted by molar-refractivity contribution is 0.215. The standard InChI is InChI=1S/C25H27NO4S/c1-28-21-7-4-18(23(27)14-21)15-26-10-11-30-25-20(16-26)12-19(13-24(25)29-2)17-5-8-22(31-3)9-6-17/h4-9,12-14,27H,10-11,15-16H2,1-3H3. The molecule has 0 saturated carbocycles. The van der Waals surface area contributed by atoms with E-state index in [0.29, 0.717) is 25.4 Å². The number of hydrogen-bond acceptors (Lipinski definition) is 6. The molecular formula is C25H27NO4S. The molecule has 0 saturated heterocycles. The van der Waals surface area contributed by atoms with E-state index in [1.54, 1.807) is 32.0 Å². The average molecular weight is 438 g/mol. The summed E-state index contributed by atoms with van der Waals surface area (Å²) in [5.74, 6) is 2.43. The first-order valence-corrected chi connectivity index (χ1v) is 11.4. The minimum Gasteiger partial charge on any atom is -0.507 e. The van der Waals surface area contributed by atoms with Crippen LogP contribution in [0.3, 0.4) is 0 Å². The third-order valence-electron chi connectivity index (χ3n) is 5.51. The smallest absolute Gasteiger partial charge is 0.165 e. The predicted octanol–water partition coefficient (Wildman–Crippen LogP) is 5.19. The zero-order valence-electron chi connectivity index (χ0n) is 18.1. The summed E-state index contributed by atoms with van der Waals surface area (Å²) in [6.07, 6.45) is 2.08. The van der Waals surface area contributed by atoms with Gasteiger partial charge in [0.15, 0.2) is 11.5 Å². The molecule has 0 aromatic heterocycles. The van der Waals surface area contributed by atoms with Crippen LogP contribution in [0.25, 0.3) is 11.1 Å². The van der Waals surface area contributed by atoms with Crippen molar-refractivity contribution < 1.29 is 19.3 Å². The first-order chi connectivity index (χ1) is 15.1. The Hall–Kier alpha value is -2.83. The van der Waals surface area contributed by atoms with Crippen LogP contribution in [0.2, 0.25) is 0 Å². The Labute approximate surface area is 187 Å². The van der Waals surface area contributed by atoms with E-state index >= 15 is 0 Å². The molecule has 1 aliphatic heterocycles. The third kappa shape index (κ3) is 4.75. The van der Waals surface area contributed by atoms with Crippen molar-refractivity contribution in [2.24, 2.45) is 0 Å². The second-order valence-corrected chi connectivity index (χ2v) is 8.33. The number of aromatic hydroxyl groups is 1. The van der Waals surface area contributed by atoms with E-state index in [1.807, 2.05) is 18.2 Å². The molecule has 31 heavy (non-hydrogen) atoms. The van der Waals surface area contributed by atoms with Crippen LogP contribution < -0.4 is 14.2 Å². The molecule has 3 aromatic rings. The number of rotatable bonds is 6. The number of hydrogen-bond donors (Lipinski definition) is 1. The monoisotopic (exact) mass is 437 g/mol. The van der Waals surface area contributed by atoms with Gasteiger partial charge in [0, 0.05) is 41.7 Å². The second kappa shape index (κ2) is 9.54. The summed E-state index contributed by atoms with van der Waals surface area (Å²) in [4.78, 5) is 3.51. The molecule has 6 heteroatoms. The van der Waals surface area contributed by atoms with E-state index in [2.05, 4.69) is 41.5 Å². The zero-order valence-corrected chi connectivity index (χ0v) is 18.9. The molecule has 1 heterocycles. The fourth-order valence-corrected chi connectivity index (χ4v) is 4.23. The molecule has 0 fully saturated rings. The number of thioether (sulfide) groups is 1. The van der Waals surface area contributed by atoms with Crippen LogP contribution in [0.5, 0.6) is 23.0 Å². The van der Waals surface area contributed by atoms with E-state index in [0.717, 1.165) is 40.3 Å². The molecule has 0 atom stereocenters. The Morgan fingerprint density at radius 2 is 1.81 bits per heavy atom. The van der Waals surface area contributed by atoms with Crippen LogP contribution in [0, 0.1) is 0 Å². The Morgan fingerprint density at radius 1 is 1.00 bits per heavy atom. The van der Waals surface area contributed by atoms with Gasteiger partial charge in [-0.15, -0.1) is 11.8 Å². The number of phenols is 1. The van der Waals surface area contributed by atoms with Crippen LogP contribution >= 0.6 is 11.8 Å². The van der Waals surface area contributed by atoms with Crippen molar-refractivity contribution in [3.8, 4) is 34.1 Å². The topological polar surface area (TPSA) is 51.2 Å². The maximum absolute atomic E-state index is 10.4. The number of fused-ring (bicyclic) bond motifs is 1. The van der Waals surface area contributed by atoms with Crippen LogP contribution in [0.1, 0.15) is 11.1 Å². The molecule has 0 spiro atoms. The van der Waals surface area contributed by atoms with Crippen molar-refractivity contribution in [3.05, 3.63) is 65.7 Å². The van der Waals surface area contributed by atoms with Crippen molar-refractivity contribution in [3.63, 3.8) is 0 Å². The van der Waals surface area contributed by atoms with Gasteiger partial charge in [-0.05, 0) is 47.7 Å². The van der Waals surface area contributed by atoms with E-state index in [1.165, 1.54) is 4.90 Å². The zero-order chi connectivity index (χ0) is 21.8. The Balaban J connectivity index is 1.63.